The van der Waals surface area contributed by atoms with Crippen LogP contribution in [-0.2, 0) is 14.4 Å². The van der Waals surface area contributed by atoms with E-state index in [4.69, 9.17) is 0 Å². The Morgan fingerprint density at radius 1 is 1.04 bits per heavy atom. The van der Waals surface area contributed by atoms with E-state index in [1.807, 2.05) is 37.3 Å². The number of fused-ring (bicyclic) bond motifs is 1. The third-order valence-electron chi connectivity index (χ3n) is 5.29. The molecule has 0 atom stereocenters. The van der Waals surface area contributed by atoms with Gasteiger partial charge in [-0.05, 0) is 47.7 Å². The standard InChI is InChI=1S/C22H22O4/c1-4-18(24)22-19(25)10-14(11-20(22)26)21-12(2)9-17(13(3)23)15-7-5-6-8-16(15)21/h5-9,14,22H,4,10-11H2,1-3H3. The van der Waals surface area contributed by atoms with Crippen LogP contribution in [0.1, 0.15) is 60.5 Å². The van der Waals surface area contributed by atoms with Gasteiger partial charge in [0.1, 0.15) is 5.92 Å². The van der Waals surface area contributed by atoms with E-state index >= 15 is 0 Å². The van der Waals surface area contributed by atoms with Gasteiger partial charge in [-0.3, -0.25) is 19.2 Å². The third kappa shape index (κ3) is 3.00. The minimum Gasteiger partial charge on any atom is -0.298 e. The van der Waals surface area contributed by atoms with E-state index in [0.717, 1.165) is 21.9 Å². The van der Waals surface area contributed by atoms with Crippen molar-refractivity contribution in [3.8, 4) is 0 Å². The number of Topliss-reactive ketones (excluding diaryl/α,β-unsaturated/α-hetero) is 4. The fourth-order valence-electron chi connectivity index (χ4n) is 4.11. The predicted molar refractivity (Wildman–Crippen MR) is 99.5 cm³/mol. The summed E-state index contributed by atoms with van der Waals surface area (Å²) in [5.41, 5.74) is 2.49. The van der Waals surface area contributed by atoms with Crippen LogP contribution in [0.15, 0.2) is 30.3 Å². The van der Waals surface area contributed by atoms with E-state index < -0.39 is 5.92 Å². The Hall–Kier alpha value is -2.62. The number of aryl methyl sites for hydroxylation is 1. The van der Waals surface area contributed by atoms with Crippen LogP contribution >= 0.6 is 0 Å². The van der Waals surface area contributed by atoms with Crippen LogP contribution in [0.4, 0.5) is 0 Å². The highest BCUT2D eigenvalue weighted by Gasteiger charge is 2.40. The highest BCUT2D eigenvalue weighted by molar-refractivity contribution is 6.21. The summed E-state index contributed by atoms with van der Waals surface area (Å²) in [4.78, 5) is 49.0. The van der Waals surface area contributed by atoms with Crippen molar-refractivity contribution in [2.45, 2.75) is 46.0 Å². The lowest BCUT2D eigenvalue weighted by atomic mass is 9.73. The van der Waals surface area contributed by atoms with Gasteiger partial charge in [-0.25, -0.2) is 0 Å². The van der Waals surface area contributed by atoms with Crippen LogP contribution in [0, 0.1) is 12.8 Å². The first-order chi connectivity index (χ1) is 12.3. The van der Waals surface area contributed by atoms with Crippen LogP contribution in [0.5, 0.6) is 0 Å². The van der Waals surface area contributed by atoms with Crippen LogP contribution in [0.3, 0.4) is 0 Å². The molecule has 1 aliphatic carbocycles. The van der Waals surface area contributed by atoms with E-state index in [1.165, 1.54) is 6.92 Å². The normalized spacial score (nSPS) is 20.4. The van der Waals surface area contributed by atoms with E-state index in [1.54, 1.807) is 6.92 Å². The van der Waals surface area contributed by atoms with Crippen molar-refractivity contribution in [1.29, 1.82) is 0 Å². The predicted octanol–water partition coefficient (Wildman–Crippen LogP) is 3.96. The molecule has 3 rings (SSSR count). The molecule has 0 spiro atoms. The third-order valence-corrected chi connectivity index (χ3v) is 5.29. The Labute approximate surface area is 152 Å². The molecule has 26 heavy (non-hydrogen) atoms. The van der Waals surface area contributed by atoms with Crippen LogP contribution in [0.25, 0.3) is 10.8 Å². The summed E-state index contributed by atoms with van der Waals surface area (Å²) in [5.74, 6) is -2.19. The fraction of sp³-hybridized carbons (Fsp3) is 0.364. The Kier molecular flexibility index (Phi) is 4.86. The molecule has 0 saturated heterocycles. The van der Waals surface area contributed by atoms with Crippen molar-refractivity contribution in [3.63, 3.8) is 0 Å². The number of ketones is 4. The van der Waals surface area contributed by atoms with Gasteiger partial charge in [-0.15, -0.1) is 0 Å². The molecule has 0 amide bonds. The second kappa shape index (κ2) is 6.94. The Morgan fingerprint density at radius 2 is 1.62 bits per heavy atom. The van der Waals surface area contributed by atoms with E-state index in [-0.39, 0.29) is 48.3 Å². The highest BCUT2D eigenvalue weighted by Crippen LogP contribution is 2.39. The lowest BCUT2D eigenvalue weighted by Crippen LogP contribution is -2.38. The molecular formula is C22H22O4. The van der Waals surface area contributed by atoms with Gasteiger partial charge < -0.3 is 0 Å². The largest absolute Gasteiger partial charge is 0.298 e. The lowest BCUT2D eigenvalue weighted by Gasteiger charge is -2.28. The van der Waals surface area contributed by atoms with E-state index in [0.29, 0.717) is 5.56 Å². The molecule has 0 aliphatic heterocycles. The molecule has 2 aromatic carbocycles. The quantitative estimate of drug-likeness (QED) is 0.618. The van der Waals surface area contributed by atoms with Crippen LogP contribution < -0.4 is 0 Å². The SMILES string of the molecule is CCC(=O)C1C(=O)CC(c2c(C)cc(C(C)=O)c3ccccc23)CC1=O. The van der Waals surface area contributed by atoms with Crippen molar-refractivity contribution in [2.75, 3.05) is 0 Å². The summed E-state index contributed by atoms with van der Waals surface area (Å²) >= 11 is 0. The molecule has 4 nitrogen and oxygen atoms in total. The number of benzene rings is 2. The highest BCUT2D eigenvalue weighted by atomic mass is 16.2. The topological polar surface area (TPSA) is 68.3 Å². The first-order valence-electron chi connectivity index (χ1n) is 8.96. The van der Waals surface area contributed by atoms with Crippen molar-refractivity contribution >= 4 is 33.9 Å². The monoisotopic (exact) mass is 350 g/mol. The molecule has 1 aliphatic rings. The van der Waals surface area contributed by atoms with Gasteiger partial charge in [0.15, 0.2) is 23.1 Å². The fourth-order valence-corrected chi connectivity index (χ4v) is 4.11. The van der Waals surface area contributed by atoms with Gasteiger partial charge in [0.25, 0.3) is 0 Å². The zero-order valence-electron chi connectivity index (χ0n) is 15.3. The van der Waals surface area contributed by atoms with Gasteiger partial charge in [-0.2, -0.15) is 0 Å². The second-order valence-corrected chi connectivity index (χ2v) is 7.05. The van der Waals surface area contributed by atoms with Gasteiger partial charge in [0.05, 0.1) is 0 Å². The lowest BCUT2D eigenvalue weighted by molar-refractivity contribution is -0.142. The minimum absolute atomic E-state index is 0.0137. The van der Waals surface area contributed by atoms with Crippen LogP contribution in [0.2, 0.25) is 0 Å². The summed E-state index contributed by atoms with van der Waals surface area (Å²) in [6.45, 7) is 5.12. The summed E-state index contributed by atoms with van der Waals surface area (Å²) in [6, 6.07) is 9.44. The number of carbonyl (C=O) groups is 4. The zero-order chi connectivity index (χ0) is 19.0. The molecule has 0 aromatic heterocycles. The summed E-state index contributed by atoms with van der Waals surface area (Å²) in [7, 11) is 0. The van der Waals surface area contributed by atoms with Gasteiger partial charge in [0.2, 0.25) is 0 Å². The van der Waals surface area contributed by atoms with E-state index in [9.17, 15) is 19.2 Å². The van der Waals surface area contributed by atoms with Crippen LogP contribution in [-0.4, -0.2) is 23.1 Å². The summed E-state index contributed by atoms with van der Waals surface area (Å²) < 4.78 is 0. The summed E-state index contributed by atoms with van der Waals surface area (Å²) in [5, 5.41) is 1.75. The maximum absolute atomic E-state index is 12.5. The maximum atomic E-state index is 12.5. The molecule has 0 bridgehead atoms. The van der Waals surface area contributed by atoms with Gasteiger partial charge in [0, 0.05) is 24.8 Å². The molecular weight excluding hydrogens is 328 g/mol. The first kappa shape index (κ1) is 18.2. The van der Waals surface area contributed by atoms with Gasteiger partial charge >= 0.3 is 0 Å². The van der Waals surface area contributed by atoms with E-state index in [2.05, 4.69) is 0 Å². The molecule has 1 fully saturated rings. The minimum atomic E-state index is -1.08. The maximum Gasteiger partial charge on any atom is 0.160 e. The van der Waals surface area contributed by atoms with Crippen molar-refractivity contribution in [1.82, 2.24) is 0 Å². The van der Waals surface area contributed by atoms with Crippen molar-refractivity contribution in [3.05, 3.63) is 47.0 Å². The molecule has 0 heterocycles. The average molecular weight is 350 g/mol. The van der Waals surface area contributed by atoms with Crippen molar-refractivity contribution in [2.24, 2.45) is 5.92 Å². The first-order valence-corrected chi connectivity index (χ1v) is 8.96. The summed E-state index contributed by atoms with van der Waals surface area (Å²) in [6.07, 6.45) is 0.570. The van der Waals surface area contributed by atoms with Crippen molar-refractivity contribution < 1.29 is 19.2 Å². The molecule has 4 heteroatoms. The second-order valence-electron chi connectivity index (χ2n) is 7.05. The Bertz CT molecular complexity index is 921. The number of rotatable bonds is 4. The Balaban J connectivity index is 2.10. The van der Waals surface area contributed by atoms with Gasteiger partial charge in [-0.1, -0.05) is 31.2 Å². The smallest absolute Gasteiger partial charge is 0.160 e. The molecule has 2 aromatic rings. The zero-order valence-corrected chi connectivity index (χ0v) is 15.3. The number of hydrogen-bond acceptors (Lipinski definition) is 4. The molecule has 134 valence electrons. The molecule has 0 N–H and O–H groups in total. The number of carbonyl (C=O) groups excluding carboxylic acids is 4. The molecule has 0 radical (unpaired) electrons. The molecule has 0 unspecified atom stereocenters. The number of hydrogen-bond donors (Lipinski definition) is 0. The average Bonchev–Trinajstić information content (AvgIpc) is 2.59. The Morgan fingerprint density at radius 3 is 2.15 bits per heavy atom. The molecule has 1 saturated carbocycles.